The van der Waals surface area contributed by atoms with Gasteiger partial charge >= 0.3 is 5.97 Å². The first kappa shape index (κ1) is 30.2. The number of sulfonamides is 1. The first-order chi connectivity index (χ1) is 21.1. The number of hydrogen-bond acceptors (Lipinski definition) is 5. The van der Waals surface area contributed by atoms with E-state index in [-0.39, 0.29) is 31.0 Å². The molecule has 0 fully saturated rings. The third-order valence-corrected chi connectivity index (χ3v) is 10.7. The average molecular weight is 635 g/mol. The summed E-state index contributed by atoms with van der Waals surface area (Å²) in [5.41, 5.74) is 4.48. The lowest BCUT2D eigenvalue weighted by Crippen LogP contribution is -2.29. The van der Waals surface area contributed by atoms with E-state index >= 15 is 0 Å². The number of aryl methyl sites for hydroxylation is 3. The number of carboxylic acid groups (broad SMARTS) is 1. The van der Waals surface area contributed by atoms with Crippen LogP contribution in [0, 0.1) is 0 Å². The summed E-state index contributed by atoms with van der Waals surface area (Å²) in [4.78, 5) is 12.9. The summed E-state index contributed by atoms with van der Waals surface area (Å²) in [5.74, 6) is -0.394. The van der Waals surface area contributed by atoms with Crippen molar-refractivity contribution in [2.45, 2.75) is 45.7 Å². The highest BCUT2D eigenvalue weighted by atomic mass is 35.5. The minimum atomic E-state index is -3.61. The Morgan fingerprint density at radius 2 is 1.82 bits per heavy atom. The largest absolute Gasteiger partial charge is 0.493 e. The van der Waals surface area contributed by atoms with E-state index in [9.17, 15) is 18.3 Å². The topological polar surface area (TPSA) is 107 Å². The molecule has 11 heteroatoms. The minimum Gasteiger partial charge on any atom is -0.493 e. The minimum absolute atomic E-state index is 0.0864. The standard InChI is InChI=1S/C33H35ClN4O5S/c1-4-27-30-26(35-37(27)3)20-36(2)44(41,42)19-9-17-38-31-24(15-16-25(34)29(30)31)23(32(38)33(39)40)13-8-18-43-28-14-7-11-21-10-5-6-12-22(21)28/h5-7,10-12,14-16H,4,8-9,13,17-20H2,1-3H3,(H,39,40). The Balaban J connectivity index is 1.47. The molecule has 0 unspecified atom stereocenters. The van der Waals surface area contributed by atoms with Crippen LogP contribution in [0.1, 0.15) is 47.2 Å². The SMILES string of the molecule is CCc1c2c(nn1C)CN(C)S(=O)(=O)CCCn1c(C(=O)O)c(CCCOc3cccc4ccccc34)c3ccc(Cl)c-2c31. The summed E-state index contributed by atoms with van der Waals surface area (Å²) >= 11 is 6.96. The van der Waals surface area contributed by atoms with Crippen molar-refractivity contribution < 1.29 is 23.1 Å². The smallest absolute Gasteiger partial charge is 0.352 e. The van der Waals surface area contributed by atoms with Gasteiger partial charge in [-0.05, 0) is 48.8 Å². The fourth-order valence-corrected chi connectivity index (χ4v) is 7.87. The number of hydrogen-bond donors (Lipinski definition) is 1. The molecular formula is C33H35ClN4O5S. The number of aromatic nitrogens is 3. The molecule has 0 amide bonds. The van der Waals surface area contributed by atoms with Crippen molar-refractivity contribution in [2.24, 2.45) is 7.05 Å². The average Bonchev–Trinajstić information content (AvgIpc) is 3.47. The number of halogens is 1. The first-order valence-electron chi connectivity index (χ1n) is 14.8. The molecule has 9 nitrogen and oxygen atoms in total. The highest BCUT2D eigenvalue weighted by Gasteiger charge is 2.31. The number of rotatable bonds is 7. The lowest BCUT2D eigenvalue weighted by molar-refractivity contribution is 0.0684. The molecule has 0 saturated carbocycles. The van der Waals surface area contributed by atoms with Crippen LogP contribution in [-0.2, 0) is 43.0 Å². The van der Waals surface area contributed by atoms with Gasteiger partial charge in [-0.3, -0.25) is 4.68 Å². The Hall–Kier alpha value is -3.86. The van der Waals surface area contributed by atoms with Crippen molar-refractivity contribution in [1.29, 1.82) is 0 Å². The van der Waals surface area contributed by atoms with Crippen LogP contribution in [0.15, 0.2) is 54.6 Å². The Labute approximate surface area is 261 Å². The molecular weight excluding hydrogens is 600 g/mol. The van der Waals surface area contributed by atoms with Gasteiger partial charge in [0.25, 0.3) is 0 Å². The van der Waals surface area contributed by atoms with Crippen molar-refractivity contribution in [3.63, 3.8) is 0 Å². The second-order valence-electron chi connectivity index (χ2n) is 11.2. The van der Waals surface area contributed by atoms with E-state index in [2.05, 4.69) is 0 Å². The lowest BCUT2D eigenvalue weighted by atomic mass is 9.97. The Morgan fingerprint density at radius 3 is 2.59 bits per heavy atom. The quantitative estimate of drug-likeness (QED) is 0.211. The fraction of sp³-hybridized carbons (Fsp3) is 0.333. The van der Waals surface area contributed by atoms with Gasteiger partial charge in [-0.25, -0.2) is 13.2 Å². The Morgan fingerprint density at radius 1 is 1.05 bits per heavy atom. The third kappa shape index (κ3) is 5.25. The van der Waals surface area contributed by atoms with E-state index < -0.39 is 16.0 Å². The van der Waals surface area contributed by atoms with Crippen molar-refractivity contribution >= 4 is 49.3 Å². The summed E-state index contributed by atoms with van der Waals surface area (Å²) in [6.07, 6.45) is 1.92. The van der Waals surface area contributed by atoms with Crippen molar-refractivity contribution in [3.8, 4) is 16.9 Å². The number of carbonyl (C=O) groups is 1. The molecule has 0 spiro atoms. The summed E-state index contributed by atoms with van der Waals surface area (Å²) in [5, 5.41) is 18.7. The van der Waals surface area contributed by atoms with Gasteiger partial charge in [-0.15, -0.1) is 0 Å². The van der Waals surface area contributed by atoms with Crippen LogP contribution < -0.4 is 4.74 Å². The number of aromatic carboxylic acids is 1. The molecule has 1 N–H and O–H groups in total. The van der Waals surface area contributed by atoms with Crippen LogP contribution in [0.5, 0.6) is 5.75 Å². The van der Waals surface area contributed by atoms with Crippen LogP contribution >= 0.6 is 11.6 Å². The normalized spacial score (nSPS) is 15.3. The third-order valence-electron chi connectivity index (χ3n) is 8.51. The molecule has 230 valence electrons. The fourth-order valence-electron chi connectivity index (χ4n) is 6.50. The monoisotopic (exact) mass is 634 g/mol. The van der Waals surface area contributed by atoms with E-state index in [4.69, 9.17) is 21.4 Å². The zero-order chi connectivity index (χ0) is 31.2. The van der Waals surface area contributed by atoms with E-state index in [1.165, 1.54) is 4.31 Å². The van der Waals surface area contributed by atoms with E-state index in [0.29, 0.717) is 53.2 Å². The second-order valence-corrected chi connectivity index (χ2v) is 13.8. The van der Waals surface area contributed by atoms with E-state index in [1.807, 2.05) is 68.6 Å². The van der Waals surface area contributed by atoms with Gasteiger partial charge in [0.2, 0.25) is 10.0 Å². The summed E-state index contributed by atoms with van der Waals surface area (Å²) in [7, 11) is -0.216. The predicted molar refractivity (Wildman–Crippen MR) is 173 cm³/mol. The molecule has 0 bridgehead atoms. The molecule has 6 rings (SSSR count). The molecule has 0 atom stereocenters. The molecule has 5 aromatic rings. The summed E-state index contributed by atoms with van der Waals surface area (Å²) in [6, 6.07) is 17.7. The van der Waals surface area contributed by atoms with Crippen LogP contribution in [0.4, 0.5) is 0 Å². The van der Waals surface area contributed by atoms with Crippen LogP contribution in [0.2, 0.25) is 5.02 Å². The molecule has 0 aliphatic carbocycles. The summed E-state index contributed by atoms with van der Waals surface area (Å²) < 4.78 is 37.5. The Bertz CT molecular complexity index is 2010. The highest BCUT2D eigenvalue weighted by molar-refractivity contribution is 7.89. The maximum absolute atomic E-state index is 13.2. The van der Waals surface area contributed by atoms with Gasteiger partial charge in [0.15, 0.2) is 0 Å². The lowest BCUT2D eigenvalue weighted by Gasteiger charge is -2.16. The molecule has 0 saturated heterocycles. The first-order valence-corrected chi connectivity index (χ1v) is 16.8. The van der Waals surface area contributed by atoms with Crippen molar-refractivity contribution in [2.75, 3.05) is 19.4 Å². The van der Waals surface area contributed by atoms with Crippen LogP contribution in [-0.4, -0.2) is 57.6 Å². The zero-order valence-electron chi connectivity index (χ0n) is 25.0. The van der Waals surface area contributed by atoms with E-state index in [1.54, 1.807) is 16.3 Å². The molecule has 1 aliphatic rings. The van der Waals surface area contributed by atoms with Crippen molar-refractivity contribution in [1.82, 2.24) is 18.7 Å². The molecule has 3 heterocycles. The Kier molecular flexibility index (Phi) is 8.17. The number of ether oxygens (including phenoxy) is 1. The molecule has 1 aliphatic heterocycles. The maximum atomic E-state index is 13.2. The number of carboxylic acids is 1. The molecule has 3 aromatic carbocycles. The highest BCUT2D eigenvalue weighted by Crippen LogP contribution is 2.43. The molecule has 2 aromatic heterocycles. The second kappa shape index (κ2) is 11.9. The zero-order valence-corrected chi connectivity index (χ0v) is 26.6. The maximum Gasteiger partial charge on any atom is 0.352 e. The van der Waals surface area contributed by atoms with Gasteiger partial charge in [-0.1, -0.05) is 61.0 Å². The number of nitrogens with zero attached hydrogens (tertiary/aromatic N) is 4. The van der Waals surface area contributed by atoms with Gasteiger partial charge in [0, 0.05) is 48.2 Å². The van der Waals surface area contributed by atoms with Crippen LogP contribution in [0.3, 0.4) is 0 Å². The summed E-state index contributed by atoms with van der Waals surface area (Å²) in [6.45, 7) is 2.71. The van der Waals surface area contributed by atoms with Crippen molar-refractivity contribution in [3.05, 3.63) is 82.3 Å². The predicted octanol–water partition coefficient (Wildman–Crippen LogP) is 6.29. The van der Waals surface area contributed by atoms with Gasteiger partial charge < -0.3 is 14.4 Å². The molecule has 0 radical (unpaired) electrons. The molecule has 44 heavy (non-hydrogen) atoms. The van der Waals surface area contributed by atoms with Crippen LogP contribution in [0.25, 0.3) is 32.8 Å². The number of fused-ring (bicyclic) bond motifs is 3. The van der Waals surface area contributed by atoms with Gasteiger partial charge in [0.1, 0.15) is 11.4 Å². The van der Waals surface area contributed by atoms with Gasteiger partial charge in [0.05, 0.1) is 35.1 Å². The van der Waals surface area contributed by atoms with E-state index in [0.717, 1.165) is 33.2 Å². The number of benzene rings is 3. The van der Waals surface area contributed by atoms with Gasteiger partial charge in [-0.2, -0.15) is 9.40 Å².